The van der Waals surface area contributed by atoms with Gasteiger partial charge in [0.25, 0.3) is 0 Å². The number of rotatable bonds is 6. The number of imidazole rings is 1. The fourth-order valence-electron chi connectivity index (χ4n) is 3.68. The number of allylic oxidation sites excluding steroid dienone is 1. The van der Waals surface area contributed by atoms with Crippen LogP contribution in [0.15, 0.2) is 67.3 Å². The first kappa shape index (κ1) is 49.1. The number of primary amides is 1. The molecule has 0 unspecified atom stereocenters. The lowest BCUT2D eigenvalue weighted by atomic mass is 9.97. The number of hydrogen-bond acceptors (Lipinski definition) is 5. The van der Waals surface area contributed by atoms with Gasteiger partial charge in [-0.2, -0.15) is 0 Å². The molecule has 7 heteroatoms. The summed E-state index contributed by atoms with van der Waals surface area (Å²) >= 11 is 1.55. The maximum absolute atomic E-state index is 11.0. The van der Waals surface area contributed by atoms with E-state index in [4.69, 9.17) is 10.8 Å². The van der Waals surface area contributed by atoms with Gasteiger partial charge in [0.15, 0.2) is 6.29 Å². The van der Waals surface area contributed by atoms with Crippen LogP contribution >= 0.6 is 11.3 Å². The van der Waals surface area contributed by atoms with Gasteiger partial charge in [0.2, 0.25) is 5.91 Å². The highest BCUT2D eigenvalue weighted by molar-refractivity contribution is 7.14. The van der Waals surface area contributed by atoms with Gasteiger partial charge in [-0.25, -0.2) is 4.98 Å². The van der Waals surface area contributed by atoms with E-state index in [1.54, 1.807) is 36.0 Å². The number of thiophene rings is 1. The number of amides is 1. The van der Waals surface area contributed by atoms with Crippen LogP contribution in [0.5, 0.6) is 0 Å². The molecule has 2 heterocycles. The molecule has 46 heavy (non-hydrogen) atoms. The molecule has 3 N–H and O–H groups in total. The number of carbonyl (C=O) groups excluding carboxylic acids is 2. The maximum atomic E-state index is 11.0. The SMILES string of the molecule is CC.CC.CC.CC.CC.CC/C(=C\c1sc(C=O)cc1C)c1ccc(-n2ccnc2)cc1C.CO.Cc1ccccc1C(N)=O. The number of nitrogens with zero attached hydrogens (tertiary/aromatic N) is 2. The molecule has 6 nitrogen and oxygen atoms in total. The van der Waals surface area contributed by atoms with Crippen molar-refractivity contribution in [1.29, 1.82) is 0 Å². The second kappa shape index (κ2) is 32.6. The maximum Gasteiger partial charge on any atom is 0.248 e. The van der Waals surface area contributed by atoms with Crippen molar-refractivity contribution in [3.8, 4) is 5.69 Å². The first-order valence-corrected chi connectivity index (χ1v) is 17.3. The molecule has 0 aliphatic carbocycles. The fourth-order valence-corrected chi connectivity index (χ4v) is 4.64. The monoisotopic (exact) mass is 653 g/mol. The van der Waals surface area contributed by atoms with E-state index in [2.05, 4.69) is 50.0 Å². The van der Waals surface area contributed by atoms with Crippen LogP contribution in [0.2, 0.25) is 0 Å². The van der Waals surface area contributed by atoms with E-state index in [1.165, 1.54) is 16.7 Å². The number of aliphatic hydroxyl groups excluding tert-OH is 1. The van der Waals surface area contributed by atoms with E-state index in [9.17, 15) is 9.59 Å². The summed E-state index contributed by atoms with van der Waals surface area (Å²) in [6.07, 6.45) is 9.61. The van der Waals surface area contributed by atoms with Crippen molar-refractivity contribution in [2.24, 2.45) is 5.73 Å². The van der Waals surface area contributed by atoms with E-state index in [0.717, 1.165) is 46.4 Å². The molecule has 0 radical (unpaired) electrons. The molecule has 0 saturated heterocycles. The van der Waals surface area contributed by atoms with Gasteiger partial charge in [0, 0.05) is 35.6 Å². The lowest BCUT2D eigenvalue weighted by molar-refractivity contribution is 0.0999. The van der Waals surface area contributed by atoms with Crippen LogP contribution in [0.25, 0.3) is 17.3 Å². The van der Waals surface area contributed by atoms with E-state index < -0.39 is 0 Å². The third-order valence-electron chi connectivity index (χ3n) is 5.55. The summed E-state index contributed by atoms with van der Waals surface area (Å²) in [6.45, 7) is 28.2. The van der Waals surface area contributed by atoms with Gasteiger partial charge in [-0.3, -0.25) is 9.59 Å². The summed E-state index contributed by atoms with van der Waals surface area (Å²) in [7, 11) is 1.00. The molecule has 2 aromatic carbocycles. The molecule has 258 valence electrons. The summed E-state index contributed by atoms with van der Waals surface area (Å²) in [6, 6.07) is 15.7. The normalized spacial score (nSPS) is 8.91. The second-order valence-corrected chi connectivity index (χ2v) is 9.10. The van der Waals surface area contributed by atoms with Crippen molar-refractivity contribution in [3.05, 3.63) is 105 Å². The Labute approximate surface area is 285 Å². The van der Waals surface area contributed by atoms with Gasteiger partial charge in [-0.05, 0) is 85.4 Å². The quantitative estimate of drug-likeness (QED) is 0.202. The summed E-state index contributed by atoms with van der Waals surface area (Å²) in [5.74, 6) is -0.363. The molecule has 1 amide bonds. The number of aromatic nitrogens is 2. The van der Waals surface area contributed by atoms with Gasteiger partial charge in [0.1, 0.15) is 0 Å². The summed E-state index contributed by atoms with van der Waals surface area (Å²) in [5, 5.41) is 7.00. The number of aldehydes is 1. The molecule has 0 spiro atoms. The molecule has 0 fully saturated rings. The lowest BCUT2D eigenvalue weighted by Gasteiger charge is -2.12. The zero-order valence-corrected chi connectivity index (χ0v) is 32.2. The van der Waals surface area contributed by atoms with Crippen molar-refractivity contribution >= 4 is 35.2 Å². The standard InChI is InChI=1S/C20H20N2OS.C8H9NO.5C2H6.CH4O/c1-4-16(11-20-15(3)10-18(12-23)24-20)19-6-5-17(9-14(19)2)22-8-7-21-13-22;1-6-4-2-3-5-7(6)8(9)10;6*1-2/h5-13H,4H2,1-3H3;2-5H,1H3,(H2,9,10);5*1-2H3;2H,1H3/b16-11+;;;;;;;. The van der Waals surface area contributed by atoms with Crippen LogP contribution in [0.1, 0.15) is 130 Å². The Morgan fingerprint density at radius 3 is 1.78 bits per heavy atom. The minimum Gasteiger partial charge on any atom is -0.400 e. The molecule has 4 aromatic rings. The molecular weight excluding hydrogens is 591 g/mol. The number of aryl methyl sites for hydroxylation is 3. The zero-order chi connectivity index (χ0) is 36.7. The zero-order valence-electron chi connectivity index (χ0n) is 31.4. The average molecular weight is 654 g/mol. The van der Waals surface area contributed by atoms with Gasteiger partial charge in [0.05, 0.1) is 11.2 Å². The van der Waals surface area contributed by atoms with Crippen molar-refractivity contribution in [2.75, 3.05) is 7.11 Å². The van der Waals surface area contributed by atoms with Crippen LogP contribution in [0.3, 0.4) is 0 Å². The molecule has 0 aliphatic heterocycles. The van der Waals surface area contributed by atoms with Gasteiger partial charge in [-0.1, -0.05) is 100 Å². The van der Waals surface area contributed by atoms with Crippen molar-refractivity contribution in [2.45, 2.75) is 103 Å². The second-order valence-electron chi connectivity index (χ2n) is 7.99. The van der Waals surface area contributed by atoms with E-state index in [0.29, 0.717) is 5.56 Å². The van der Waals surface area contributed by atoms with E-state index in [-0.39, 0.29) is 5.91 Å². The predicted octanol–water partition coefficient (Wildman–Crippen LogP) is 11.1. The average Bonchev–Trinajstić information content (AvgIpc) is 3.79. The van der Waals surface area contributed by atoms with Gasteiger partial charge >= 0.3 is 0 Å². The Morgan fingerprint density at radius 1 is 0.826 bits per heavy atom. The van der Waals surface area contributed by atoms with Crippen LogP contribution in [-0.2, 0) is 0 Å². The number of nitrogens with two attached hydrogens (primary N) is 1. The molecule has 0 atom stereocenters. The Bertz CT molecular complexity index is 1320. The Balaban J connectivity index is -0.000000335. The van der Waals surface area contributed by atoms with Crippen molar-refractivity contribution in [3.63, 3.8) is 0 Å². The van der Waals surface area contributed by atoms with Crippen LogP contribution < -0.4 is 5.73 Å². The molecule has 0 aliphatic rings. The number of benzene rings is 2. The first-order chi connectivity index (χ1) is 22.3. The van der Waals surface area contributed by atoms with Crippen LogP contribution in [-0.4, -0.2) is 34.0 Å². The largest absolute Gasteiger partial charge is 0.400 e. The summed E-state index contributed by atoms with van der Waals surface area (Å²) in [4.78, 5) is 27.7. The van der Waals surface area contributed by atoms with E-state index in [1.807, 2.05) is 105 Å². The molecule has 0 saturated carbocycles. The number of aliphatic hydroxyl groups is 1. The lowest BCUT2D eigenvalue weighted by Crippen LogP contribution is -2.12. The van der Waals surface area contributed by atoms with Crippen LogP contribution in [0.4, 0.5) is 0 Å². The molecule has 4 rings (SSSR count). The topological polar surface area (TPSA) is 98.2 Å². The van der Waals surface area contributed by atoms with Crippen molar-refractivity contribution < 1.29 is 14.7 Å². The highest BCUT2D eigenvalue weighted by atomic mass is 32.1. The van der Waals surface area contributed by atoms with Gasteiger partial charge in [-0.15, -0.1) is 11.3 Å². The summed E-state index contributed by atoms with van der Waals surface area (Å²) < 4.78 is 2.01. The smallest absolute Gasteiger partial charge is 0.248 e. The predicted molar refractivity (Wildman–Crippen MR) is 205 cm³/mol. The minimum absolute atomic E-state index is 0.363. The third kappa shape index (κ3) is 17.6. The Hall–Kier alpha value is -3.81. The number of hydrogen-bond donors (Lipinski definition) is 2. The first-order valence-electron chi connectivity index (χ1n) is 16.5. The minimum atomic E-state index is -0.363. The highest BCUT2D eigenvalue weighted by Crippen LogP contribution is 2.30. The van der Waals surface area contributed by atoms with Crippen LogP contribution in [0, 0.1) is 20.8 Å². The molecule has 0 bridgehead atoms. The fraction of sp³-hybridized carbons (Fsp3) is 0.410. The summed E-state index contributed by atoms with van der Waals surface area (Å²) in [5.41, 5.74) is 12.6. The third-order valence-corrected chi connectivity index (χ3v) is 6.66. The van der Waals surface area contributed by atoms with E-state index >= 15 is 0 Å². The van der Waals surface area contributed by atoms with Crippen molar-refractivity contribution in [1.82, 2.24) is 9.55 Å². The Kier molecular flexibility index (Phi) is 34.8. The molecular formula is C39H63N3O3S. The number of carbonyl (C=O) groups is 2. The Morgan fingerprint density at radius 2 is 1.39 bits per heavy atom. The highest BCUT2D eigenvalue weighted by Gasteiger charge is 2.09. The van der Waals surface area contributed by atoms with Gasteiger partial charge < -0.3 is 15.4 Å². The molecule has 2 aromatic heterocycles.